The first-order valence-electron chi connectivity index (χ1n) is 9.30. The van der Waals surface area contributed by atoms with E-state index in [1.807, 2.05) is 33.0 Å². The molecule has 1 aromatic carbocycles. The van der Waals surface area contributed by atoms with Crippen LogP contribution in [0.5, 0.6) is 5.75 Å². The van der Waals surface area contributed by atoms with E-state index in [4.69, 9.17) is 9.47 Å². The molecule has 1 heterocycles. The van der Waals surface area contributed by atoms with Gasteiger partial charge >= 0.3 is 6.09 Å². The summed E-state index contributed by atoms with van der Waals surface area (Å²) < 4.78 is 11.7. The van der Waals surface area contributed by atoms with Gasteiger partial charge in [0.15, 0.2) is 0 Å². The number of benzene rings is 1. The van der Waals surface area contributed by atoms with Crippen LogP contribution in [0, 0.1) is 6.92 Å². The molecule has 1 aliphatic carbocycles. The van der Waals surface area contributed by atoms with E-state index in [-0.39, 0.29) is 11.6 Å². The Balaban J connectivity index is 1.62. The second-order valence-electron chi connectivity index (χ2n) is 8.34. The Morgan fingerprint density at radius 2 is 1.81 bits per heavy atom. The summed E-state index contributed by atoms with van der Waals surface area (Å²) in [6.45, 7) is 8.34. The Morgan fingerprint density at radius 1 is 1.15 bits per heavy atom. The molecule has 1 fully saturated rings. The lowest BCUT2D eigenvalue weighted by atomic mass is 10.1. The van der Waals surface area contributed by atoms with Crippen molar-refractivity contribution in [2.24, 2.45) is 0 Å². The van der Waals surface area contributed by atoms with Gasteiger partial charge in [-0.15, -0.1) is 0 Å². The lowest BCUT2D eigenvalue weighted by Crippen LogP contribution is -2.45. The highest BCUT2D eigenvalue weighted by Gasteiger charge is 2.49. The normalized spacial score (nSPS) is 15.1. The van der Waals surface area contributed by atoms with Gasteiger partial charge in [0.25, 0.3) is 0 Å². The van der Waals surface area contributed by atoms with Crippen LogP contribution in [-0.4, -0.2) is 40.8 Å². The molecule has 0 N–H and O–H groups in total. The van der Waals surface area contributed by atoms with Gasteiger partial charge in [-0.1, -0.05) is 29.8 Å². The van der Waals surface area contributed by atoms with Crippen molar-refractivity contribution >= 4 is 6.09 Å². The van der Waals surface area contributed by atoms with Crippen molar-refractivity contribution in [3.63, 3.8) is 0 Å². The number of carbonyl (C=O) groups is 1. The summed E-state index contributed by atoms with van der Waals surface area (Å²) in [5.74, 6) is 0.680. The Kier molecular flexibility index (Phi) is 5.13. The van der Waals surface area contributed by atoms with Crippen LogP contribution in [0.4, 0.5) is 4.79 Å². The minimum Gasteiger partial charge on any atom is -0.488 e. The molecule has 0 unspecified atom stereocenters. The zero-order chi connectivity index (χ0) is 19.7. The molecule has 0 spiro atoms. The maximum Gasteiger partial charge on any atom is 0.410 e. The van der Waals surface area contributed by atoms with E-state index in [1.165, 1.54) is 5.56 Å². The standard InChI is InChI=1S/C22H28N2O3/c1-16-6-8-17(9-7-16)18-12-19(14-23-13-18)26-15-22(10-11-22)27-20(25)24(5)21(2,3)4/h6-9,12-14H,10-11,15H2,1-5H3. The van der Waals surface area contributed by atoms with Crippen LogP contribution in [0.2, 0.25) is 0 Å². The highest BCUT2D eigenvalue weighted by atomic mass is 16.6. The average molecular weight is 368 g/mol. The summed E-state index contributed by atoms with van der Waals surface area (Å²) in [4.78, 5) is 18.3. The number of hydrogen-bond donors (Lipinski definition) is 0. The van der Waals surface area contributed by atoms with Crippen LogP contribution >= 0.6 is 0 Å². The number of rotatable bonds is 5. The highest BCUT2D eigenvalue weighted by Crippen LogP contribution is 2.41. The minimum absolute atomic E-state index is 0.277. The van der Waals surface area contributed by atoms with Crippen LogP contribution in [0.3, 0.4) is 0 Å². The molecule has 3 rings (SSSR count). The van der Waals surface area contributed by atoms with Crippen LogP contribution in [0.15, 0.2) is 42.7 Å². The van der Waals surface area contributed by atoms with Crippen molar-refractivity contribution in [1.82, 2.24) is 9.88 Å². The molecular weight excluding hydrogens is 340 g/mol. The van der Waals surface area contributed by atoms with E-state index >= 15 is 0 Å². The van der Waals surface area contributed by atoms with Crippen molar-refractivity contribution in [3.8, 4) is 16.9 Å². The molecule has 1 aliphatic rings. The van der Waals surface area contributed by atoms with E-state index in [0.29, 0.717) is 12.4 Å². The van der Waals surface area contributed by atoms with E-state index in [1.54, 1.807) is 18.1 Å². The molecule has 1 aromatic heterocycles. The number of carbonyl (C=O) groups excluding carboxylic acids is 1. The highest BCUT2D eigenvalue weighted by molar-refractivity contribution is 5.69. The molecule has 144 valence electrons. The molecule has 0 aliphatic heterocycles. The molecule has 5 heteroatoms. The lowest BCUT2D eigenvalue weighted by molar-refractivity contribution is 0.0143. The summed E-state index contributed by atoms with van der Waals surface area (Å²) in [6.07, 6.45) is 4.85. The second-order valence-corrected chi connectivity index (χ2v) is 8.34. The van der Waals surface area contributed by atoms with Gasteiger partial charge in [-0.25, -0.2) is 4.79 Å². The monoisotopic (exact) mass is 368 g/mol. The Bertz CT molecular complexity index is 805. The summed E-state index contributed by atoms with van der Waals surface area (Å²) in [6, 6.07) is 10.3. The van der Waals surface area contributed by atoms with E-state index in [0.717, 1.165) is 24.0 Å². The van der Waals surface area contributed by atoms with E-state index < -0.39 is 5.60 Å². The summed E-state index contributed by atoms with van der Waals surface area (Å²) in [7, 11) is 1.76. The van der Waals surface area contributed by atoms with Gasteiger partial charge in [0.2, 0.25) is 0 Å². The molecule has 1 amide bonds. The topological polar surface area (TPSA) is 51.7 Å². The molecule has 1 saturated carbocycles. The number of nitrogens with zero attached hydrogens (tertiary/aromatic N) is 2. The summed E-state index contributed by atoms with van der Waals surface area (Å²) in [5.41, 5.74) is 2.52. The van der Waals surface area contributed by atoms with Crippen molar-refractivity contribution in [1.29, 1.82) is 0 Å². The van der Waals surface area contributed by atoms with Crippen LogP contribution in [0.25, 0.3) is 11.1 Å². The fourth-order valence-electron chi connectivity index (χ4n) is 2.56. The molecule has 0 bridgehead atoms. The molecule has 0 atom stereocenters. The third-order valence-electron chi connectivity index (χ3n) is 4.99. The fraction of sp³-hybridized carbons (Fsp3) is 0.455. The maximum atomic E-state index is 12.4. The molecule has 27 heavy (non-hydrogen) atoms. The van der Waals surface area contributed by atoms with Gasteiger partial charge in [-0.3, -0.25) is 4.98 Å². The third kappa shape index (κ3) is 4.79. The molecule has 2 aromatic rings. The number of aromatic nitrogens is 1. The van der Waals surface area contributed by atoms with Gasteiger partial charge in [0, 0.05) is 24.3 Å². The van der Waals surface area contributed by atoms with Crippen molar-refractivity contribution in [2.45, 2.75) is 51.7 Å². The number of amides is 1. The number of hydrogen-bond acceptors (Lipinski definition) is 4. The van der Waals surface area contributed by atoms with Crippen molar-refractivity contribution in [2.75, 3.05) is 13.7 Å². The van der Waals surface area contributed by atoms with Crippen LogP contribution in [0.1, 0.15) is 39.2 Å². The zero-order valence-electron chi connectivity index (χ0n) is 16.8. The first-order chi connectivity index (χ1) is 12.7. The van der Waals surface area contributed by atoms with Gasteiger partial charge in [0.1, 0.15) is 18.0 Å². The molecule has 5 nitrogen and oxygen atoms in total. The minimum atomic E-state index is -0.517. The molecule has 0 saturated heterocycles. The van der Waals surface area contributed by atoms with Crippen molar-refractivity contribution in [3.05, 3.63) is 48.3 Å². The Labute approximate surface area is 161 Å². The quantitative estimate of drug-likeness (QED) is 0.758. The van der Waals surface area contributed by atoms with Crippen LogP contribution in [-0.2, 0) is 4.74 Å². The Hall–Kier alpha value is -2.56. The smallest absolute Gasteiger partial charge is 0.410 e. The zero-order valence-corrected chi connectivity index (χ0v) is 16.8. The summed E-state index contributed by atoms with van der Waals surface area (Å²) >= 11 is 0. The fourth-order valence-corrected chi connectivity index (χ4v) is 2.56. The maximum absolute atomic E-state index is 12.4. The first-order valence-corrected chi connectivity index (χ1v) is 9.30. The molecule has 0 radical (unpaired) electrons. The number of aryl methyl sites for hydroxylation is 1. The second kappa shape index (κ2) is 7.22. The van der Waals surface area contributed by atoms with E-state index in [9.17, 15) is 4.79 Å². The molecular formula is C22H28N2O3. The SMILES string of the molecule is Cc1ccc(-c2cncc(OCC3(OC(=O)N(C)C(C)(C)C)CC3)c2)cc1. The Morgan fingerprint density at radius 3 is 2.41 bits per heavy atom. The van der Waals surface area contributed by atoms with Crippen molar-refractivity contribution < 1.29 is 14.3 Å². The predicted molar refractivity (Wildman–Crippen MR) is 106 cm³/mol. The summed E-state index contributed by atoms with van der Waals surface area (Å²) in [5, 5.41) is 0. The van der Waals surface area contributed by atoms with Gasteiger partial charge in [-0.05, 0) is 52.2 Å². The largest absolute Gasteiger partial charge is 0.488 e. The average Bonchev–Trinajstić information content (AvgIpc) is 3.39. The lowest BCUT2D eigenvalue weighted by Gasteiger charge is -2.32. The first kappa shape index (κ1) is 19.2. The van der Waals surface area contributed by atoms with Gasteiger partial charge < -0.3 is 14.4 Å². The van der Waals surface area contributed by atoms with Gasteiger partial charge in [0.05, 0.1) is 6.20 Å². The van der Waals surface area contributed by atoms with E-state index in [2.05, 4.69) is 36.2 Å². The van der Waals surface area contributed by atoms with Gasteiger partial charge in [-0.2, -0.15) is 0 Å². The number of ether oxygens (including phenoxy) is 2. The predicted octanol–water partition coefficient (Wildman–Crippen LogP) is 4.84. The third-order valence-corrected chi connectivity index (χ3v) is 4.99. The van der Waals surface area contributed by atoms with Crippen LogP contribution < -0.4 is 4.74 Å². The number of pyridine rings is 1.